The van der Waals surface area contributed by atoms with Crippen molar-refractivity contribution >= 4 is 19.8 Å². The van der Waals surface area contributed by atoms with Crippen molar-refractivity contribution in [3.63, 3.8) is 0 Å². The third-order valence-corrected chi connectivity index (χ3v) is 11.2. The third kappa shape index (κ3) is 45.5. The van der Waals surface area contributed by atoms with Crippen LogP contribution in [0.4, 0.5) is 0 Å². The molecule has 0 heterocycles. The Morgan fingerprint density at radius 1 is 0.525 bits per heavy atom. The lowest BCUT2D eigenvalue weighted by Gasteiger charge is -2.20. The summed E-state index contributed by atoms with van der Waals surface area (Å²) < 4.78 is 33.4. The van der Waals surface area contributed by atoms with Crippen molar-refractivity contribution in [2.75, 3.05) is 26.4 Å². The normalized spacial score (nSPS) is 14.3. The molecular weight excluding hydrogens is 790 g/mol. The van der Waals surface area contributed by atoms with Gasteiger partial charge in [0.1, 0.15) is 12.1 Å². The number of allylic oxidation sites excluding steroid dienone is 10. The van der Waals surface area contributed by atoms with Crippen LogP contribution in [0.1, 0.15) is 206 Å². The van der Waals surface area contributed by atoms with Crippen molar-refractivity contribution < 1.29 is 42.7 Å². The van der Waals surface area contributed by atoms with Crippen LogP contribution in [0.25, 0.3) is 0 Å². The van der Waals surface area contributed by atoms with E-state index in [-0.39, 0.29) is 13.0 Å². The van der Waals surface area contributed by atoms with Gasteiger partial charge >= 0.3 is 19.8 Å². The number of phosphoric ester groups is 1. The molecule has 0 spiro atoms. The monoisotopic (exact) mass is 880 g/mol. The van der Waals surface area contributed by atoms with Crippen molar-refractivity contribution in [3.8, 4) is 0 Å². The van der Waals surface area contributed by atoms with E-state index < -0.39 is 45.1 Å². The minimum Gasteiger partial charge on any atom is -0.480 e. The minimum absolute atomic E-state index is 0.00541. The Labute approximate surface area is 372 Å². The number of ether oxygens (including phenoxy) is 2. The lowest BCUT2D eigenvalue weighted by atomic mass is 10.1. The Morgan fingerprint density at radius 3 is 1.38 bits per heavy atom. The number of carbonyl (C=O) groups is 2. The van der Waals surface area contributed by atoms with Crippen LogP contribution in [0.5, 0.6) is 0 Å². The number of hydrogen-bond donors (Lipinski definition) is 3. The van der Waals surface area contributed by atoms with E-state index in [9.17, 15) is 19.0 Å². The van der Waals surface area contributed by atoms with Crippen LogP contribution in [0.15, 0.2) is 60.8 Å². The summed E-state index contributed by atoms with van der Waals surface area (Å²) in [7, 11) is -4.63. The van der Waals surface area contributed by atoms with Gasteiger partial charge in [0.2, 0.25) is 0 Å². The van der Waals surface area contributed by atoms with Gasteiger partial charge in [0.15, 0.2) is 0 Å². The highest BCUT2D eigenvalue weighted by atomic mass is 31.2. The van der Waals surface area contributed by atoms with Crippen molar-refractivity contribution in [2.45, 2.75) is 219 Å². The first-order valence-electron chi connectivity index (χ1n) is 24.3. The van der Waals surface area contributed by atoms with Crippen LogP contribution in [0.2, 0.25) is 0 Å². The highest BCUT2D eigenvalue weighted by Crippen LogP contribution is 2.43. The summed E-state index contributed by atoms with van der Waals surface area (Å²) in [4.78, 5) is 33.6. The third-order valence-electron chi connectivity index (χ3n) is 10.3. The zero-order valence-corrected chi connectivity index (χ0v) is 39.6. The zero-order valence-electron chi connectivity index (χ0n) is 38.7. The molecule has 3 unspecified atom stereocenters. The van der Waals surface area contributed by atoms with Gasteiger partial charge in [-0.3, -0.25) is 18.6 Å². The topological polar surface area (TPSA) is 155 Å². The number of phosphoric acid groups is 1. The van der Waals surface area contributed by atoms with Gasteiger partial charge in [0.25, 0.3) is 0 Å². The van der Waals surface area contributed by atoms with Gasteiger partial charge in [-0.2, -0.15) is 0 Å². The molecule has 0 rings (SSSR count). The van der Waals surface area contributed by atoms with E-state index in [1.807, 2.05) is 0 Å². The summed E-state index contributed by atoms with van der Waals surface area (Å²) in [5.41, 5.74) is 5.37. The molecule has 0 aliphatic heterocycles. The lowest BCUT2D eigenvalue weighted by Crippen LogP contribution is -2.34. The van der Waals surface area contributed by atoms with Crippen LogP contribution < -0.4 is 5.73 Å². The quantitative estimate of drug-likeness (QED) is 0.0233. The zero-order chi connectivity index (χ0) is 44.8. The van der Waals surface area contributed by atoms with E-state index in [1.165, 1.54) is 96.3 Å². The molecule has 0 fully saturated rings. The number of carbonyl (C=O) groups excluding carboxylic acids is 1. The van der Waals surface area contributed by atoms with Gasteiger partial charge in [-0.1, -0.05) is 177 Å². The number of rotatable bonds is 46. The molecular formula is C50H90NO9P. The van der Waals surface area contributed by atoms with Crippen molar-refractivity contribution in [3.05, 3.63) is 60.8 Å². The summed E-state index contributed by atoms with van der Waals surface area (Å²) in [6.07, 6.45) is 55.5. The molecule has 0 aromatic heterocycles. The molecule has 0 amide bonds. The van der Waals surface area contributed by atoms with Crippen molar-refractivity contribution in [1.82, 2.24) is 0 Å². The van der Waals surface area contributed by atoms with Crippen LogP contribution in [-0.2, 0) is 32.7 Å². The Balaban J connectivity index is 4.23. The Kier molecular flexibility index (Phi) is 43.9. The van der Waals surface area contributed by atoms with Crippen LogP contribution in [0.3, 0.4) is 0 Å². The summed E-state index contributed by atoms with van der Waals surface area (Å²) in [6.45, 7) is 3.82. The smallest absolute Gasteiger partial charge is 0.472 e. The van der Waals surface area contributed by atoms with Gasteiger partial charge in [-0.25, -0.2) is 4.57 Å². The highest BCUT2D eigenvalue weighted by Gasteiger charge is 2.27. The van der Waals surface area contributed by atoms with Gasteiger partial charge in [0.05, 0.1) is 19.8 Å². The Bertz CT molecular complexity index is 1200. The molecule has 3 atom stereocenters. The molecule has 4 N–H and O–H groups in total. The van der Waals surface area contributed by atoms with Crippen molar-refractivity contribution in [2.24, 2.45) is 5.73 Å². The number of unbranched alkanes of at least 4 members (excludes halogenated alkanes) is 22. The number of aliphatic carboxylic acids is 1. The summed E-state index contributed by atoms with van der Waals surface area (Å²) >= 11 is 0. The van der Waals surface area contributed by atoms with E-state index >= 15 is 0 Å². The number of carboxylic acid groups (broad SMARTS) is 1. The minimum atomic E-state index is -4.63. The fourth-order valence-corrected chi connectivity index (χ4v) is 7.24. The predicted molar refractivity (Wildman–Crippen MR) is 254 cm³/mol. The lowest BCUT2D eigenvalue weighted by molar-refractivity contribution is -0.154. The highest BCUT2D eigenvalue weighted by molar-refractivity contribution is 7.47. The molecule has 0 saturated carbocycles. The van der Waals surface area contributed by atoms with Gasteiger partial charge in [-0.05, 0) is 83.5 Å². The molecule has 354 valence electrons. The first kappa shape index (κ1) is 58.7. The largest absolute Gasteiger partial charge is 0.480 e. The molecule has 10 nitrogen and oxygen atoms in total. The molecule has 11 heteroatoms. The maximum atomic E-state index is 12.7. The number of esters is 1. The van der Waals surface area contributed by atoms with Gasteiger partial charge in [-0.15, -0.1) is 0 Å². The average molecular weight is 880 g/mol. The molecule has 0 bridgehead atoms. The summed E-state index contributed by atoms with van der Waals surface area (Å²) in [5, 5.41) is 8.92. The molecule has 61 heavy (non-hydrogen) atoms. The first-order chi connectivity index (χ1) is 29.7. The van der Waals surface area contributed by atoms with Gasteiger partial charge in [0, 0.05) is 13.0 Å². The average Bonchev–Trinajstić information content (AvgIpc) is 3.24. The number of nitrogens with two attached hydrogens (primary N) is 1. The second-order valence-electron chi connectivity index (χ2n) is 16.2. The number of carboxylic acids is 1. The summed E-state index contributed by atoms with van der Waals surface area (Å²) in [6, 6.07) is -1.48. The van der Waals surface area contributed by atoms with Crippen molar-refractivity contribution in [1.29, 1.82) is 0 Å². The molecule has 0 aromatic rings. The van der Waals surface area contributed by atoms with Gasteiger partial charge < -0.3 is 25.2 Å². The van der Waals surface area contributed by atoms with E-state index in [2.05, 4.69) is 74.6 Å². The van der Waals surface area contributed by atoms with E-state index in [0.717, 1.165) is 83.5 Å². The van der Waals surface area contributed by atoms with E-state index in [4.69, 9.17) is 29.4 Å². The standard InChI is InChI=1S/C50H90NO9P/c1-3-5-7-9-11-13-15-17-19-21-23-24-25-26-28-30-32-34-36-38-40-42-49(52)60-47(45-58-61(55,56)59-46-48(51)50(53)54)44-57-43-41-39-37-35-33-31-29-27-22-20-18-16-14-12-10-8-6-4-2/h12,14-15,17-18,20-21,23,25-26,47-48H,3-11,13,16,19,22,24,27-46,51H2,1-2H3,(H,53,54)(H,55,56)/b14-12-,17-15-,20-18-,23-21-,26-25-. The maximum absolute atomic E-state index is 12.7. The molecule has 0 radical (unpaired) electrons. The second kappa shape index (κ2) is 45.7. The first-order valence-corrected chi connectivity index (χ1v) is 25.8. The predicted octanol–water partition coefficient (Wildman–Crippen LogP) is 14.0. The fourth-order valence-electron chi connectivity index (χ4n) is 6.46. The Morgan fingerprint density at radius 2 is 0.902 bits per heavy atom. The van der Waals surface area contributed by atoms with Crippen LogP contribution >= 0.6 is 7.82 Å². The van der Waals surface area contributed by atoms with Crippen LogP contribution in [0, 0.1) is 0 Å². The molecule has 0 saturated heterocycles. The second-order valence-corrected chi connectivity index (χ2v) is 17.7. The Hall–Kier alpha value is -2.33. The molecule has 0 aromatic carbocycles. The molecule has 0 aliphatic rings. The fraction of sp³-hybridized carbons (Fsp3) is 0.760. The SMILES string of the molecule is CCCCC/C=C\C/C=C\CCCCCCCCCCOCC(COP(=O)(O)OCC(N)C(=O)O)OC(=O)CCCCCCCC/C=C\C/C=C\C/C=C\CCCCCCC. The van der Waals surface area contributed by atoms with E-state index in [1.54, 1.807) is 0 Å². The summed E-state index contributed by atoms with van der Waals surface area (Å²) in [5.74, 6) is -1.79. The maximum Gasteiger partial charge on any atom is 0.472 e. The molecule has 0 aliphatic carbocycles. The van der Waals surface area contributed by atoms with Crippen LogP contribution in [-0.4, -0.2) is 60.5 Å². The van der Waals surface area contributed by atoms with E-state index in [0.29, 0.717) is 13.0 Å². The number of hydrogen-bond acceptors (Lipinski definition) is 8.